The molecule has 0 amide bonds. The molecule has 0 bridgehead atoms. The standard InChI is InChI=1S/C12H17N3/c1-8(2)10-12-13-6-5-7-15(12)11(14-10)9(3)4/h5-9H,1-4H3. The second-order valence-electron chi connectivity index (χ2n) is 4.48. The minimum atomic E-state index is 0.419. The van der Waals surface area contributed by atoms with Crippen molar-refractivity contribution in [2.24, 2.45) is 0 Å². The van der Waals surface area contributed by atoms with Crippen molar-refractivity contribution in [1.82, 2.24) is 14.4 Å². The van der Waals surface area contributed by atoms with E-state index in [0.717, 1.165) is 17.2 Å². The molecule has 0 fully saturated rings. The maximum atomic E-state index is 4.69. The average molecular weight is 203 g/mol. The van der Waals surface area contributed by atoms with Crippen molar-refractivity contribution in [3.63, 3.8) is 0 Å². The highest BCUT2D eigenvalue weighted by atomic mass is 15.1. The Labute approximate surface area is 90.2 Å². The van der Waals surface area contributed by atoms with E-state index in [0.29, 0.717) is 11.8 Å². The van der Waals surface area contributed by atoms with Crippen LogP contribution in [0.2, 0.25) is 0 Å². The number of imidazole rings is 1. The number of hydrogen-bond donors (Lipinski definition) is 0. The third kappa shape index (κ3) is 1.62. The topological polar surface area (TPSA) is 30.2 Å². The molecular formula is C12H17N3. The molecule has 15 heavy (non-hydrogen) atoms. The van der Waals surface area contributed by atoms with Crippen molar-refractivity contribution in [2.75, 3.05) is 0 Å². The lowest BCUT2D eigenvalue weighted by Gasteiger charge is -2.01. The third-order valence-electron chi connectivity index (χ3n) is 2.52. The van der Waals surface area contributed by atoms with Gasteiger partial charge in [-0.25, -0.2) is 9.97 Å². The van der Waals surface area contributed by atoms with E-state index in [1.165, 1.54) is 0 Å². The van der Waals surface area contributed by atoms with Gasteiger partial charge in [0.1, 0.15) is 5.82 Å². The average Bonchev–Trinajstić information content (AvgIpc) is 2.56. The van der Waals surface area contributed by atoms with Gasteiger partial charge in [-0.3, -0.25) is 4.40 Å². The van der Waals surface area contributed by atoms with Crippen molar-refractivity contribution < 1.29 is 0 Å². The van der Waals surface area contributed by atoms with Gasteiger partial charge in [-0.1, -0.05) is 27.7 Å². The Balaban J connectivity index is 2.73. The van der Waals surface area contributed by atoms with E-state index in [1.807, 2.05) is 18.5 Å². The fourth-order valence-corrected chi connectivity index (χ4v) is 1.77. The monoisotopic (exact) mass is 203 g/mol. The van der Waals surface area contributed by atoms with Gasteiger partial charge >= 0.3 is 0 Å². The van der Waals surface area contributed by atoms with Crippen LogP contribution in [0.3, 0.4) is 0 Å². The summed E-state index contributed by atoms with van der Waals surface area (Å²) in [5, 5.41) is 0. The zero-order valence-electron chi connectivity index (χ0n) is 9.73. The van der Waals surface area contributed by atoms with Crippen LogP contribution in [-0.2, 0) is 0 Å². The highest BCUT2D eigenvalue weighted by Crippen LogP contribution is 2.22. The Morgan fingerprint density at radius 1 is 1.13 bits per heavy atom. The van der Waals surface area contributed by atoms with E-state index >= 15 is 0 Å². The Hall–Kier alpha value is -1.38. The Morgan fingerprint density at radius 3 is 2.47 bits per heavy atom. The molecular weight excluding hydrogens is 186 g/mol. The molecule has 0 N–H and O–H groups in total. The molecule has 2 aromatic heterocycles. The molecule has 0 aromatic carbocycles. The van der Waals surface area contributed by atoms with Crippen molar-refractivity contribution >= 4 is 5.65 Å². The minimum absolute atomic E-state index is 0.419. The van der Waals surface area contributed by atoms with E-state index in [9.17, 15) is 0 Å². The minimum Gasteiger partial charge on any atom is -0.288 e. The van der Waals surface area contributed by atoms with Gasteiger partial charge in [0.05, 0.1) is 5.69 Å². The molecule has 0 atom stereocenters. The molecule has 0 unspecified atom stereocenters. The Kier molecular flexibility index (Phi) is 2.47. The number of nitrogens with zero attached hydrogens (tertiary/aromatic N) is 3. The molecule has 2 heterocycles. The summed E-state index contributed by atoms with van der Waals surface area (Å²) in [6, 6.07) is 1.95. The van der Waals surface area contributed by atoms with E-state index < -0.39 is 0 Å². The normalized spacial score (nSPS) is 11.9. The first-order chi connectivity index (χ1) is 7.11. The molecule has 0 saturated heterocycles. The lowest BCUT2D eigenvalue weighted by molar-refractivity contribution is 0.754. The Morgan fingerprint density at radius 2 is 1.87 bits per heavy atom. The molecule has 0 spiro atoms. The van der Waals surface area contributed by atoms with Crippen molar-refractivity contribution in [2.45, 2.75) is 39.5 Å². The van der Waals surface area contributed by atoms with E-state index in [1.54, 1.807) is 0 Å². The van der Waals surface area contributed by atoms with E-state index in [-0.39, 0.29) is 0 Å². The van der Waals surface area contributed by atoms with Gasteiger partial charge in [0.15, 0.2) is 5.65 Å². The highest BCUT2D eigenvalue weighted by molar-refractivity contribution is 5.47. The molecule has 0 saturated carbocycles. The van der Waals surface area contributed by atoms with Gasteiger partial charge < -0.3 is 0 Å². The number of fused-ring (bicyclic) bond motifs is 1. The summed E-state index contributed by atoms with van der Waals surface area (Å²) in [6.45, 7) is 8.62. The fraction of sp³-hybridized carbons (Fsp3) is 0.500. The molecule has 0 aliphatic rings. The van der Waals surface area contributed by atoms with E-state index in [4.69, 9.17) is 0 Å². The molecule has 0 radical (unpaired) electrons. The molecule has 2 aromatic rings. The van der Waals surface area contributed by atoms with Gasteiger partial charge in [-0.2, -0.15) is 0 Å². The summed E-state index contributed by atoms with van der Waals surface area (Å²) in [7, 11) is 0. The number of aromatic nitrogens is 3. The fourth-order valence-electron chi connectivity index (χ4n) is 1.77. The second kappa shape index (κ2) is 3.65. The molecule has 80 valence electrons. The maximum absolute atomic E-state index is 4.69. The van der Waals surface area contributed by atoms with Gasteiger partial charge in [0.2, 0.25) is 0 Å². The maximum Gasteiger partial charge on any atom is 0.160 e. The SMILES string of the molecule is CC(C)c1nc(C(C)C)n2cccnc12. The van der Waals surface area contributed by atoms with Crippen molar-refractivity contribution in [3.8, 4) is 0 Å². The lowest BCUT2D eigenvalue weighted by atomic mass is 10.1. The van der Waals surface area contributed by atoms with Crippen LogP contribution in [0.5, 0.6) is 0 Å². The van der Waals surface area contributed by atoms with Crippen LogP contribution < -0.4 is 0 Å². The van der Waals surface area contributed by atoms with Crippen molar-refractivity contribution in [1.29, 1.82) is 0 Å². The summed E-state index contributed by atoms with van der Waals surface area (Å²) in [6.07, 6.45) is 3.86. The van der Waals surface area contributed by atoms with E-state index in [2.05, 4.69) is 42.1 Å². The predicted molar refractivity (Wildman–Crippen MR) is 61.2 cm³/mol. The van der Waals surface area contributed by atoms with Crippen LogP contribution in [-0.4, -0.2) is 14.4 Å². The molecule has 3 nitrogen and oxygen atoms in total. The first kappa shape index (κ1) is 10.1. The van der Waals surface area contributed by atoms with Gasteiger partial charge in [-0.05, 0) is 12.0 Å². The van der Waals surface area contributed by atoms with Gasteiger partial charge in [-0.15, -0.1) is 0 Å². The third-order valence-corrected chi connectivity index (χ3v) is 2.52. The summed E-state index contributed by atoms with van der Waals surface area (Å²) >= 11 is 0. The van der Waals surface area contributed by atoms with Crippen LogP contribution in [0.1, 0.15) is 51.0 Å². The predicted octanol–water partition coefficient (Wildman–Crippen LogP) is 2.98. The highest BCUT2D eigenvalue weighted by Gasteiger charge is 2.15. The zero-order valence-corrected chi connectivity index (χ0v) is 9.73. The summed E-state index contributed by atoms with van der Waals surface area (Å²) in [4.78, 5) is 9.09. The first-order valence-electron chi connectivity index (χ1n) is 5.44. The molecule has 0 aliphatic heterocycles. The Bertz CT molecular complexity index is 427. The number of hydrogen-bond acceptors (Lipinski definition) is 2. The summed E-state index contributed by atoms with van der Waals surface area (Å²) < 4.78 is 2.10. The quantitative estimate of drug-likeness (QED) is 0.751. The van der Waals surface area contributed by atoms with Crippen LogP contribution in [0.15, 0.2) is 18.5 Å². The van der Waals surface area contributed by atoms with Crippen LogP contribution >= 0.6 is 0 Å². The largest absolute Gasteiger partial charge is 0.288 e. The second-order valence-corrected chi connectivity index (χ2v) is 4.48. The van der Waals surface area contributed by atoms with Gasteiger partial charge in [0, 0.05) is 18.3 Å². The molecule has 2 rings (SSSR count). The zero-order chi connectivity index (χ0) is 11.0. The lowest BCUT2D eigenvalue weighted by Crippen LogP contribution is -1.96. The summed E-state index contributed by atoms with van der Waals surface area (Å²) in [5.41, 5.74) is 2.09. The van der Waals surface area contributed by atoms with Crippen molar-refractivity contribution in [3.05, 3.63) is 30.0 Å². The summed E-state index contributed by atoms with van der Waals surface area (Å²) in [5.74, 6) is 1.94. The van der Waals surface area contributed by atoms with Gasteiger partial charge in [0.25, 0.3) is 0 Å². The van der Waals surface area contributed by atoms with Crippen LogP contribution in [0, 0.1) is 0 Å². The smallest absolute Gasteiger partial charge is 0.160 e. The molecule has 3 heteroatoms. The molecule has 0 aliphatic carbocycles. The van der Waals surface area contributed by atoms with Crippen LogP contribution in [0.25, 0.3) is 5.65 Å². The number of rotatable bonds is 2. The first-order valence-corrected chi connectivity index (χ1v) is 5.44. The van der Waals surface area contributed by atoms with Crippen LogP contribution in [0.4, 0.5) is 0 Å².